The minimum atomic E-state index is 0.512. The molecule has 0 bridgehead atoms. The molecule has 1 fully saturated rings. The van der Waals surface area contributed by atoms with E-state index in [1.165, 1.54) is 38.9 Å². The minimum absolute atomic E-state index is 0.512. The van der Waals surface area contributed by atoms with Crippen molar-refractivity contribution in [1.29, 1.82) is 0 Å². The summed E-state index contributed by atoms with van der Waals surface area (Å²) in [5.41, 5.74) is 0. The number of ether oxygens (including phenoxy) is 1. The number of rotatable bonds is 6. The molecule has 1 aromatic rings. The molecule has 19 heavy (non-hydrogen) atoms. The van der Waals surface area contributed by atoms with Gasteiger partial charge in [-0.15, -0.1) is 0 Å². The number of piperidine rings is 1. The highest BCUT2D eigenvalue weighted by Crippen LogP contribution is 2.17. The summed E-state index contributed by atoms with van der Waals surface area (Å²) < 4.78 is 5.39. The maximum atomic E-state index is 5.39. The van der Waals surface area contributed by atoms with E-state index in [0.29, 0.717) is 18.5 Å². The zero-order valence-electron chi connectivity index (χ0n) is 11.9. The third-order valence-electron chi connectivity index (χ3n) is 3.41. The van der Waals surface area contributed by atoms with Crippen molar-refractivity contribution in [1.82, 2.24) is 14.9 Å². The first kappa shape index (κ1) is 14.1. The Kier molecular flexibility index (Phi) is 5.39. The van der Waals surface area contributed by atoms with E-state index in [0.717, 1.165) is 5.82 Å². The summed E-state index contributed by atoms with van der Waals surface area (Å²) in [6.45, 7) is 8.39. The molecule has 0 aliphatic carbocycles. The fourth-order valence-electron chi connectivity index (χ4n) is 2.47. The Morgan fingerprint density at radius 1 is 1.32 bits per heavy atom. The van der Waals surface area contributed by atoms with E-state index in [2.05, 4.69) is 27.1 Å². The number of nitrogens with zero attached hydrogens (tertiary/aromatic N) is 3. The van der Waals surface area contributed by atoms with Gasteiger partial charge in [0.15, 0.2) is 0 Å². The van der Waals surface area contributed by atoms with E-state index >= 15 is 0 Å². The van der Waals surface area contributed by atoms with Gasteiger partial charge in [0.2, 0.25) is 5.88 Å². The zero-order valence-corrected chi connectivity index (χ0v) is 11.9. The first-order valence-electron chi connectivity index (χ1n) is 7.25. The van der Waals surface area contributed by atoms with E-state index in [1.54, 1.807) is 6.33 Å². The Balaban J connectivity index is 1.83. The van der Waals surface area contributed by atoms with Crippen LogP contribution in [0.15, 0.2) is 12.4 Å². The lowest BCUT2D eigenvalue weighted by atomic mass is 10.0. The van der Waals surface area contributed by atoms with Crippen LogP contribution in [0.1, 0.15) is 33.1 Å². The highest BCUT2D eigenvalue weighted by Gasteiger charge is 2.18. The average molecular weight is 264 g/mol. The summed E-state index contributed by atoms with van der Waals surface area (Å²) in [5.74, 6) is 1.51. The van der Waals surface area contributed by atoms with Crippen LogP contribution in [0.5, 0.6) is 5.88 Å². The summed E-state index contributed by atoms with van der Waals surface area (Å²) in [7, 11) is 0. The van der Waals surface area contributed by atoms with E-state index in [4.69, 9.17) is 4.74 Å². The van der Waals surface area contributed by atoms with Gasteiger partial charge in [0.25, 0.3) is 0 Å². The fourth-order valence-corrected chi connectivity index (χ4v) is 2.47. The largest absolute Gasteiger partial charge is 0.478 e. The van der Waals surface area contributed by atoms with Crippen LogP contribution in [0.4, 0.5) is 5.82 Å². The van der Waals surface area contributed by atoms with Crippen LogP contribution in [0.2, 0.25) is 0 Å². The van der Waals surface area contributed by atoms with E-state index in [1.807, 2.05) is 13.0 Å². The summed E-state index contributed by atoms with van der Waals surface area (Å²) >= 11 is 0. The molecule has 2 rings (SSSR count). The number of aromatic nitrogens is 2. The van der Waals surface area contributed by atoms with Gasteiger partial charge in [0, 0.05) is 25.2 Å². The first-order chi connectivity index (χ1) is 9.31. The monoisotopic (exact) mass is 264 g/mol. The molecular formula is C14H24N4O. The van der Waals surface area contributed by atoms with Crippen molar-refractivity contribution in [3.8, 4) is 5.88 Å². The Labute approximate surface area is 115 Å². The number of anilines is 1. The smallest absolute Gasteiger partial charge is 0.218 e. The van der Waals surface area contributed by atoms with Gasteiger partial charge < -0.3 is 15.0 Å². The molecule has 0 atom stereocenters. The lowest BCUT2D eigenvalue weighted by Crippen LogP contribution is -2.39. The molecule has 0 saturated carbocycles. The topological polar surface area (TPSA) is 50.3 Å². The third kappa shape index (κ3) is 4.35. The van der Waals surface area contributed by atoms with Crippen molar-refractivity contribution in [2.24, 2.45) is 0 Å². The number of nitrogens with one attached hydrogen (secondary N) is 1. The van der Waals surface area contributed by atoms with Crippen LogP contribution in [0, 0.1) is 0 Å². The van der Waals surface area contributed by atoms with Gasteiger partial charge in [-0.3, -0.25) is 0 Å². The molecule has 1 aliphatic rings. The lowest BCUT2D eigenvalue weighted by Gasteiger charge is -2.32. The molecule has 0 unspecified atom stereocenters. The van der Waals surface area contributed by atoms with Crippen LogP contribution in [-0.2, 0) is 0 Å². The second-order valence-corrected chi connectivity index (χ2v) is 4.93. The summed E-state index contributed by atoms with van der Waals surface area (Å²) in [6, 6.07) is 2.39. The SMILES string of the molecule is CCCN1CCC(Nc2cc(OCC)ncn2)CC1. The lowest BCUT2D eigenvalue weighted by molar-refractivity contribution is 0.219. The second kappa shape index (κ2) is 7.28. The molecule has 1 aromatic heterocycles. The Hall–Kier alpha value is -1.36. The van der Waals surface area contributed by atoms with Crippen molar-refractivity contribution in [3.05, 3.63) is 12.4 Å². The molecule has 1 aliphatic heterocycles. The van der Waals surface area contributed by atoms with Crippen molar-refractivity contribution in [3.63, 3.8) is 0 Å². The molecule has 5 heteroatoms. The number of likely N-dealkylation sites (tertiary alicyclic amines) is 1. The van der Waals surface area contributed by atoms with Gasteiger partial charge in [-0.25, -0.2) is 9.97 Å². The molecule has 1 N–H and O–H groups in total. The highest BCUT2D eigenvalue weighted by atomic mass is 16.5. The molecule has 0 amide bonds. The molecule has 5 nitrogen and oxygen atoms in total. The summed E-state index contributed by atoms with van der Waals surface area (Å²) in [6.07, 6.45) is 5.14. The maximum Gasteiger partial charge on any atom is 0.218 e. The van der Waals surface area contributed by atoms with Crippen LogP contribution in [0.25, 0.3) is 0 Å². The van der Waals surface area contributed by atoms with E-state index in [9.17, 15) is 0 Å². The molecule has 0 aromatic carbocycles. The second-order valence-electron chi connectivity index (χ2n) is 4.93. The van der Waals surface area contributed by atoms with Crippen molar-refractivity contribution in [2.45, 2.75) is 39.2 Å². The van der Waals surface area contributed by atoms with Crippen LogP contribution in [0.3, 0.4) is 0 Å². The first-order valence-corrected chi connectivity index (χ1v) is 7.25. The molecule has 106 valence electrons. The van der Waals surface area contributed by atoms with Crippen molar-refractivity contribution in [2.75, 3.05) is 31.6 Å². The highest BCUT2D eigenvalue weighted by molar-refractivity contribution is 5.38. The van der Waals surface area contributed by atoms with E-state index in [-0.39, 0.29) is 0 Å². The van der Waals surface area contributed by atoms with Crippen LogP contribution in [-0.4, -0.2) is 47.2 Å². The number of hydrogen-bond acceptors (Lipinski definition) is 5. The minimum Gasteiger partial charge on any atom is -0.478 e. The summed E-state index contributed by atoms with van der Waals surface area (Å²) in [5, 5.41) is 3.48. The molecule has 0 spiro atoms. The van der Waals surface area contributed by atoms with Crippen LogP contribution < -0.4 is 10.1 Å². The predicted octanol–water partition coefficient (Wildman–Crippen LogP) is 2.16. The fraction of sp³-hybridized carbons (Fsp3) is 0.714. The zero-order chi connectivity index (χ0) is 13.5. The Bertz CT molecular complexity index is 377. The van der Waals surface area contributed by atoms with Gasteiger partial charge in [-0.1, -0.05) is 6.92 Å². The molecule has 2 heterocycles. The quantitative estimate of drug-likeness (QED) is 0.853. The summed E-state index contributed by atoms with van der Waals surface area (Å²) in [4.78, 5) is 10.9. The van der Waals surface area contributed by atoms with E-state index < -0.39 is 0 Å². The van der Waals surface area contributed by atoms with Crippen LogP contribution >= 0.6 is 0 Å². The predicted molar refractivity (Wildman–Crippen MR) is 76.6 cm³/mol. The Morgan fingerprint density at radius 2 is 2.11 bits per heavy atom. The average Bonchev–Trinajstić information content (AvgIpc) is 2.42. The number of hydrogen-bond donors (Lipinski definition) is 1. The third-order valence-corrected chi connectivity index (χ3v) is 3.41. The van der Waals surface area contributed by atoms with Gasteiger partial charge in [0.1, 0.15) is 12.1 Å². The maximum absolute atomic E-state index is 5.39. The normalized spacial score (nSPS) is 17.4. The standard InChI is InChI=1S/C14H24N4O/c1-3-7-18-8-5-12(6-9-18)17-13-10-14(19-4-2)16-11-15-13/h10-12H,3-9H2,1-2H3,(H,15,16,17). The van der Waals surface area contributed by atoms with Gasteiger partial charge >= 0.3 is 0 Å². The Morgan fingerprint density at radius 3 is 2.79 bits per heavy atom. The molecular weight excluding hydrogens is 240 g/mol. The molecule has 1 saturated heterocycles. The van der Waals surface area contributed by atoms with Gasteiger partial charge in [-0.05, 0) is 32.7 Å². The van der Waals surface area contributed by atoms with Gasteiger partial charge in [-0.2, -0.15) is 0 Å². The van der Waals surface area contributed by atoms with Crippen molar-refractivity contribution >= 4 is 5.82 Å². The van der Waals surface area contributed by atoms with Gasteiger partial charge in [0.05, 0.1) is 6.61 Å². The van der Waals surface area contributed by atoms with Crippen molar-refractivity contribution < 1.29 is 4.74 Å². The molecule has 0 radical (unpaired) electrons.